The van der Waals surface area contributed by atoms with E-state index in [2.05, 4.69) is 0 Å². The molecule has 2 aromatic carbocycles. The number of aromatic hydroxyl groups is 1. The molecule has 0 atom stereocenters. The van der Waals surface area contributed by atoms with E-state index in [1.807, 2.05) is 0 Å². The maximum atomic E-state index is 12.5. The molecule has 0 spiro atoms. The summed E-state index contributed by atoms with van der Waals surface area (Å²) in [6, 6.07) is 7.74. The summed E-state index contributed by atoms with van der Waals surface area (Å²) in [5, 5.41) is 18.0. The molecule has 5 nitrogen and oxygen atoms in total. The van der Waals surface area contributed by atoms with E-state index in [-0.39, 0.29) is 39.6 Å². The number of rotatable bonds is 0. The van der Waals surface area contributed by atoms with Crippen LogP contribution in [0, 0.1) is 5.41 Å². The Labute approximate surface area is 109 Å². The van der Waals surface area contributed by atoms with Crippen LogP contribution in [0.2, 0.25) is 0 Å². The summed E-state index contributed by atoms with van der Waals surface area (Å²) in [5.41, 5.74) is 13.2. The van der Waals surface area contributed by atoms with Crippen LogP contribution in [0.15, 0.2) is 30.3 Å². The minimum absolute atomic E-state index is 0.0571. The van der Waals surface area contributed by atoms with Crippen LogP contribution in [0.3, 0.4) is 0 Å². The van der Waals surface area contributed by atoms with E-state index in [4.69, 9.17) is 16.9 Å². The molecule has 1 aliphatic rings. The number of fused-ring (bicyclic) bond motifs is 2. The van der Waals surface area contributed by atoms with Crippen LogP contribution in [-0.2, 0) is 0 Å². The second-order valence-electron chi connectivity index (χ2n) is 4.40. The lowest BCUT2D eigenvalue weighted by atomic mass is 9.81. The van der Waals surface area contributed by atoms with Gasteiger partial charge in [-0.05, 0) is 18.2 Å². The normalized spacial score (nSPS) is 13.1. The molecular weight excluding hydrogens is 242 g/mol. The summed E-state index contributed by atoms with van der Waals surface area (Å²) in [6.45, 7) is 0. The van der Waals surface area contributed by atoms with Crippen LogP contribution in [0.25, 0.3) is 0 Å². The number of carbonyl (C=O) groups excluding carboxylic acids is 1. The molecule has 0 heterocycles. The molecule has 0 radical (unpaired) electrons. The van der Waals surface area contributed by atoms with Crippen LogP contribution >= 0.6 is 0 Å². The van der Waals surface area contributed by atoms with Gasteiger partial charge in [0.2, 0.25) is 0 Å². The maximum Gasteiger partial charge on any atom is 0.198 e. The SMILES string of the molecule is N=C1c2cccc(N)c2C(=O)c2c(N)ccc(O)c21. The van der Waals surface area contributed by atoms with Gasteiger partial charge >= 0.3 is 0 Å². The number of ketones is 1. The molecule has 2 aromatic rings. The second kappa shape index (κ2) is 3.58. The van der Waals surface area contributed by atoms with E-state index in [0.29, 0.717) is 11.3 Å². The van der Waals surface area contributed by atoms with Crippen molar-refractivity contribution in [1.82, 2.24) is 0 Å². The van der Waals surface area contributed by atoms with Crippen molar-refractivity contribution in [1.29, 1.82) is 5.41 Å². The van der Waals surface area contributed by atoms with Crippen molar-refractivity contribution in [3.05, 3.63) is 52.6 Å². The number of nitrogen functional groups attached to an aromatic ring is 2. The van der Waals surface area contributed by atoms with Crippen molar-refractivity contribution in [2.75, 3.05) is 11.5 Å². The Morgan fingerprint density at radius 3 is 2.37 bits per heavy atom. The lowest BCUT2D eigenvalue weighted by Crippen LogP contribution is -2.23. The van der Waals surface area contributed by atoms with Gasteiger partial charge in [-0.2, -0.15) is 0 Å². The van der Waals surface area contributed by atoms with E-state index in [9.17, 15) is 9.90 Å². The molecule has 6 N–H and O–H groups in total. The first-order valence-corrected chi connectivity index (χ1v) is 5.66. The molecule has 0 fully saturated rings. The molecule has 19 heavy (non-hydrogen) atoms. The number of hydrogen-bond donors (Lipinski definition) is 4. The van der Waals surface area contributed by atoms with Crippen molar-refractivity contribution in [3.63, 3.8) is 0 Å². The van der Waals surface area contributed by atoms with Gasteiger partial charge < -0.3 is 16.6 Å². The first-order valence-electron chi connectivity index (χ1n) is 5.66. The fourth-order valence-corrected chi connectivity index (χ4v) is 2.40. The Morgan fingerprint density at radius 2 is 1.63 bits per heavy atom. The summed E-state index contributed by atoms with van der Waals surface area (Å²) < 4.78 is 0. The van der Waals surface area contributed by atoms with Crippen molar-refractivity contribution in [3.8, 4) is 5.75 Å². The Kier molecular flexibility index (Phi) is 2.13. The summed E-state index contributed by atoms with van der Waals surface area (Å²) >= 11 is 0. The Bertz CT molecular complexity index is 751. The molecular formula is C14H11N3O2. The molecule has 0 unspecified atom stereocenters. The van der Waals surface area contributed by atoms with Crippen LogP contribution in [0.5, 0.6) is 5.75 Å². The van der Waals surface area contributed by atoms with E-state index in [1.54, 1.807) is 18.2 Å². The van der Waals surface area contributed by atoms with Gasteiger partial charge in [0.05, 0.1) is 22.4 Å². The zero-order valence-electron chi connectivity index (χ0n) is 9.90. The van der Waals surface area contributed by atoms with Gasteiger partial charge in [-0.3, -0.25) is 10.2 Å². The van der Waals surface area contributed by atoms with Gasteiger partial charge in [0.15, 0.2) is 5.78 Å². The predicted octanol–water partition coefficient (Wildman–Crippen LogP) is 1.52. The molecule has 5 heteroatoms. The van der Waals surface area contributed by atoms with Crippen molar-refractivity contribution < 1.29 is 9.90 Å². The van der Waals surface area contributed by atoms with Crippen LogP contribution in [0.1, 0.15) is 27.0 Å². The molecule has 0 bridgehead atoms. The number of phenolic OH excluding ortho intramolecular Hbond substituents is 1. The zero-order chi connectivity index (χ0) is 13.7. The highest BCUT2D eigenvalue weighted by atomic mass is 16.3. The molecule has 1 aliphatic carbocycles. The van der Waals surface area contributed by atoms with E-state index < -0.39 is 0 Å². The number of benzene rings is 2. The van der Waals surface area contributed by atoms with Gasteiger partial charge in [-0.15, -0.1) is 0 Å². The van der Waals surface area contributed by atoms with E-state index in [1.165, 1.54) is 12.1 Å². The summed E-state index contributed by atoms with van der Waals surface area (Å²) in [7, 11) is 0. The summed E-state index contributed by atoms with van der Waals surface area (Å²) in [4.78, 5) is 12.5. The number of anilines is 2. The number of carbonyl (C=O) groups is 1. The first kappa shape index (κ1) is 11.3. The molecule has 0 aromatic heterocycles. The van der Waals surface area contributed by atoms with Crippen LogP contribution in [-0.4, -0.2) is 16.6 Å². The Hall–Kier alpha value is -2.82. The van der Waals surface area contributed by atoms with Crippen molar-refractivity contribution >= 4 is 22.9 Å². The number of phenols is 1. The standard InChI is InChI=1S/C14H11N3O2/c15-7-3-1-2-6-10(7)14(19)11-8(16)4-5-9(18)12(11)13(6)17/h1-5,17-18H,15-16H2. The third-order valence-electron chi connectivity index (χ3n) is 3.29. The van der Waals surface area contributed by atoms with E-state index in [0.717, 1.165) is 0 Å². The number of nitrogens with two attached hydrogens (primary N) is 2. The van der Waals surface area contributed by atoms with Crippen molar-refractivity contribution in [2.45, 2.75) is 0 Å². The van der Waals surface area contributed by atoms with Gasteiger partial charge in [0, 0.05) is 16.9 Å². The Morgan fingerprint density at radius 1 is 0.947 bits per heavy atom. The van der Waals surface area contributed by atoms with Crippen molar-refractivity contribution in [2.24, 2.45) is 0 Å². The quantitative estimate of drug-likeness (QED) is 0.359. The van der Waals surface area contributed by atoms with Gasteiger partial charge in [0.1, 0.15) is 5.75 Å². The van der Waals surface area contributed by atoms with Gasteiger partial charge in [-0.25, -0.2) is 0 Å². The molecule has 0 saturated heterocycles. The van der Waals surface area contributed by atoms with E-state index >= 15 is 0 Å². The fraction of sp³-hybridized carbons (Fsp3) is 0. The molecule has 3 rings (SSSR count). The van der Waals surface area contributed by atoms with Crippen LogP contribution < -0.4 is 11.5 Å². The molecule has 0 amide bonds. The van der Waals surface area contributed by atoms with Crippen LogP contribution in [0.4, 0.5) is 11.4 Å². The fourth-order valence-electron chi connectivity index (χ4n) is 2.40. The summed E-state index contributed by atoms with van der Waals surface area (Å²) in [5.74, 6) is -0.483. The summed E-state index contributed by atoms with van der Waals surface area (Å²) in [6.07, 6.45) is 0. The highest BCUT2D eigenvalue weighted by molar-refractivity contribution is 6.33. The maximum absolute atomic E-state index is 12.5. The highest BCUT2D eigenvalue weighted by Gasteiger charge is 2.32. The largest absolute Gasteiger partial charge is 0.507 e. The lowest BCUT2D eigenvalue weighted by Gasteiger charge is -2.22. The molecule has 0 saturated carbocycles. The lowest BCUT2D eigenvalue weighted by molar-refractivity contribution is 0.103. The molecule has 0 aliphatic heterocycles. The average Bonchev–Trinajstić information content (AvgIpc) is 2.38. The third kappa shape index (κ3) is 1.35. The highest BCUT2D eigenvalue weighted by Crippen LogP contribution is 2.37. The minimum Gasteiger partial charge on any atom is -0.507 e. The monoisotopic (exact) mass is 253 g/mol. The first-order chi connectivity index (χ1) is 9.02. The average molecular weight is 253 g/mol. The van der Waals surface area contributed by atoms with Gasteiger partial charge in [-0.1, -0.05) is 12.1 Å². The number of hydrogen-bond acceptors (Lipinski definition) is 5. The number of nitrogens with one attached hydrogen (secondary N) is 1. The predicted molar refractivity (Wildman–Crippen MR) is 72.7 cm³/mol. The zero-order valence-corrected chi connectivity index (χ0v) is 9.90. The Balaban J connectivity index is 2.43. The topological polar surface area (TPSA) is 113 Å². The van der Waals surface area contributed by atoms with Gasteiger partial charge in [0.25, 0.3) is 0 Å². The second-order valence-corrected chi connectivity index (χ2v) is 4.40. The smallest absolute Gasteiger partial charge is 0.198 e. The third-order valence-corrected chi connectivity index (χ3v) is 3.29. The molecule has 94 valence electrons. The minimum atomic E-state index is -0.354.